The fourth-order valence-electron chi connectivity index (χ4n) is 1.80. The number of anilines is 3. The maximum atomic E-state index is 5.61. The average Bonchev–Trinajstić information content (AvgIpc) is 2.14. The molecule has 0 unspecified atom stereocenters. The molecule has 5 heteroatoms. The number of nitrogen functional groups attached to an aromatic ring is 1. The third kappa shape index (κ3) is 2.11. The molecule has 82 valence electrons. The summed E-state index contributed by atoms with van der Waals surface area (Å²) in [6, 6.07) is 1.87. The largest absolute Gasteiger partial charge is 0.373 e. The van der Waals surface area contributed by atoms with Crippen molar-refractivity contribution in [1.29, 1.82) is 0 Å². The molecule has 0 atom stereocenters. The van der Waals surface area contributed by atoms with Crippen molar-refractivity contribution in [2.75, 3.05) is 23.4 Å². The van der Waals surface area contributed by atoms with Crippen LogP contribution >= 0.6 is 0 Å². The van der Waals surface area contributed by atoms with Crippen molar-refractivity contribution >= 4 is 17.6 Å². The third-order valence-electron chi connectivity index (χ3n) is 2.89. The molecule has 0 radical (unpaired) electrons. The van der Waals surface area contributed by atoms with Gasteiger partial charge in [-0.2, -0.15) is 9.97 Å². The van der Waals surface area contributed by atoms with Crippen LogP contribution in [0, 0.1) is 0 Å². The molecule has 5 nitrogen and oxygen atoms in total. The van der Waals surface area contributed by atoms with Crippen molar-refractivity contribution in [2.24, 2.45) is 0 Å². The molecule has 1 saturated carbocycles. The van der Waals surface area contributed by atoms with Gasteiger partial charge in [0.25, 0.3) is 0 Å². The van der Waals surface area contributed by atoms with Crippen molar-refractivity contribution in [3.8, 4) is 0 Å². The molecule has 2 rings (SSSR count). The Bertz CT molecular complexity index is 359. The van der Waals surface area contributed by atoms with Crippen LogP contribution in [0.3, 0.4) is 0 Å². The van der Waals surface area contributed by atoms with Crippen molar-refractivity contribution in [3.63, 3.8) is 0 Å². The number of nitrogens with zero attached hydrogens (tertiary/aromatic N) is 2. The highest BCUT2D eigenvalue weighted by molar-refractivity contribution is 5.52. The Morgan fingerprint density at radius 3 is 2.53 bits per heavy atom. The van der Waals surface area contributed by atoms with Crippen LogP contribution in [0.1, 0.15) is 26.2 Å². The Morgan fingerprint density at radius 2 is 2.00 bits per heavy atom. The summed E-state index contributed by atoms with van der Waals surface area (Å²) in [7, 11) is 1.82. The first-order valence-electron chi connectivity index (χ1n) is 5.22. The highest BCUT2D eigenvalue weighted by Crippen LogP contribution is 2.34. The van der Waals surface area contributed by atoms with Crippen LogP contribution < -0.4 is 16.4 Å². The summed E-state index contributed by atoms with van der Waals surface area (Å²) in [5.41, 5.74) is 5.80. The topological polar surface area (TPSA) is 75.9 Å². The van der Waals surface area contributed by atoms with Crippen LogP contribution in [0.5, 0.6) is 0 Å². The van der Waals surface area contributed by atoms with Gasteiger partial charge in [0.2, 0.25) is 5.95 Å². The molecule has 1 aliphatic rings. The van der Waals surface area contributed by atoms with Crippen molar-refractivity contribution in [2.45, 2.75) is 31.7 Å². The summed E-state index contributed by atoms with van der Waals surface area (Å²) in [6.07, 6.45) is 3.65. The van der Waals surface area contributed by atoms with E-state index in [0.29, 0.717) is 5.95 Å². The molecule has 1 aromatic heterocycles. The minimum atomic E-state index is 0.186. The van der Waals surface area contributed by atoms with Crippen LogP contribution in [0.4, 0.5) is 17.6 Å². The highest BCUT2D eigenvalue weighted by atomic mass is 15.1. The summed E-state index contributed by atoms with van der Waals surface area (Å²) in [5, 5.41) is 6.36. The minimum Gasteiger partial charge on any atom is -0.373 e. The molecule has 0 aromatic carbocycles. The Hall–Kier alpha value is -1.52. The second kappa shape index (κ2) is 3.56. The molecule has 4 N–H and O–H groups in total. The van der Waals surface area contributed by atoms with E-state index in [-0.39, 0.29) is 5.54 Å². The SMILES string of the molecule is CNc1cc(NC2(C)CCC2)nc(N)n1. The van der Waals surface area contributed by atoms with Gasteiger partial charge >= 0.3 is 0 Å². The predicted molar refractivity (Wildman–Crippen MR) is 61.9 cm³/mol. The van der Waals surface area contributed by atoms with Crippen molar-refractivity contribution in [3.05, 3.63) is 6.07 Å². The van der Waals surface area contributed by atoms with Gasteiger partial charge in [-0.25, -0.2) is 0 Å². The summed E-state index contributed by atoms with van der Waals surface area (Å²) < 4.78 is 0. The zero-order valence-corrected chi connectivity index (χ0v) is 9.17. The van der Waals surface area contributed by atoms with E-state index >= 15 is 0 Å². The van der Waals surface area contributed by atoms with Gasteiger partial charge in [0, 0.05) is 18.7 Å². The number of nitrogens with two attached hydrogens (primary N) is 1. The third-order valence-corrected chi connectivity index (χ3v) is 2.89. The summed E-state index contributed by atoms with van der Waals surface area (Å²) in [4.78, 5) is 8.21. The Labute approximate surface area is 89.5 Å². The van der Waals surface area contributed by atoms with Crippen LogP contribution in [0.25, 0.3) is 0 Å². The monoisotopic (exact) mass is 207 g/mol. The second-order valence-electron chi connectivity index (χ2n) is 4.29. The lowest BCUT2D eigenvalue weighted by Crippen LogP contribution is -2.41. The van der Waals surface area contributed by atoms with Crippen molar-refractivity contribution in [1.82, 2.24) is 9.97 Å². The van der Waals surface area contributed by atoms with E-state index < -0.39 is 0 Å². The molecule has 1 aromatic rings. The Morgan fingerprint density at radius 1 is 1.33 bits per heavy atom. The number of nitrogens with one attached hydrogen (secondary N) is 2. The lowest BCUT2D eigenvalue weighted by atomic mass is 9.78. The maximum Gasteiger partial charge on any atom is 0.223 e. The lowest BCUT2D eigenvalue weighted by molar-refractivity contribution is 0.306. The van der Waals surface area contributed by atoms with E-state index in [4.69, 9.17) is 5.73 Å². The molecule has 0 amide bonds. The van der Waals surface area contributed by atoms with Gasteiger partial charge in [-0.15, -0.1) is 0 Å². The number of rotatable bonds is 3. The first-order chi connectivity index (χ1) is 7.11. The number of hydrogen-bond donors (Lipinski definition) is 3. The second-order valence-corrected chi connectivity index (χ2v) is 4.29. The maximum absolute atomic E-state index is 5.61. The Balaban J connectivity index is 2.16. The molecular weight excluding hydrogens is 190 g/mol. The van der Waals surface area contributed by atoms with Crippen LogP contribution in [0.2, 0.25) is 0 Å². The quantitative estimate of drug-likeness (QED) is 0.699. The molecule has 15 heavy (non-hydrogen) atoms. The van der Waals surface area contributed by atoms with Gasteiger partial charge in [-0.3, -0.25) is 0 Å². The Kier molecular flexibility index (Phi) is 2.38. The van der Waals surface area contributed by atoms with Gasteiger partial charge in [-0.05, 0) is 26.2 Å². The normalized spacial score (nSPS) is 18.0. The molecule has 0 aliphatic heterocycles. The van der Waals surface area contributed by atoms with Gasteiger partial charge in [-0.1, -0.05) is 0 Å². The van der Waals surface area contributed by atoms with Gasteiger partial charge < -0.3 is 16.4 Å². The average molecular weight is 207 g/mol. The minimum absolute atomic E-state index is 0.186. The van der Waals surface area contributed by atoms with E-state index in [1.807, 2.05) is 13.1 Å². The van der Waals surface area contributed by atoms with E-state index in [2.05, 4.69) is 27.5 Å². The van der Waals surface area contributed by atoms with Gasteiger partial charge in [0.1, 0.15) is 11.6 Å². The zero-order chi connectivity index (χ0) is 10.9. The van der Waals surface area contributed by atoms with Crippen LogP contribution in [-0.2, 0) is 0 Å². The van der Waals surface area contributed by atoms with Crippen LogP contribution in [-0.4, -0.2) is 22.6 Å². The molecule has 0 bridgehead atoms. The molecule has 1 heterocycles. The first kappa shape index (κ1) is 10.0. The fraction of sp³-hybridized carbons (Fsp3) is 0.600. The lowest BCUT2D eigenvalue weighted by Gasteiger charge is -2.39. The summed E-state index contributed by atoms with van der Waals surface area (Å²) in [5.74, 6) is 1.84. The van der Waals surface area contributed by atoms with Crippen LogP contribution in [0.15, 0.2) is 6.07 Å². The number of hydrogen-bond acceptors (Lipinski definition) is 5. The van der Waals surface area contributed by atoms with Gasteiger partial charge in [0.05, 0.1) is 0 Å². The molecule has 1 aliphatic carbocycles. The first-order valence-corrected chi connectivity index (χ1v) is 5.22. The zero-order valence-electron chi connectivity index (χ0n) is 9.17. The number of aromatic nitrogens is 2. The molecule has 0 spiro atoms. The summed E-state index contributed by atoms with van der Waals surface area (Å²) >= 11 is 0. The smallest absolute Gasteiger partial charge is 0.223 e. The summed E-state index contributed by atoms with van der Waals surface area (Å²) in [6.45, 7) is 2.20. The van der Waals surface area contributed by atoms with E-state index in [9.17, 15) is 0 Å². The molecule has 0 saturated heterocycles. The predicted octanol–water partition coefficient (Wildman–Crippen LogP) is 1.45. The van der Waals surface area contributed by atoms with E-state index in [0.717, 1.165) is 11.6 Å². The van der Waals surface area contributed by atoms with Crippen molar-refractivity contribution < 1.29 is 0 Å². The molecular formula is C10H17N5. The standard InChI is InChI=1S/C10H17N5/c1-10(4-3-5-10)15-8-6-7(12-2)13-9(11)14-8/h6H,3-5H2,1-2H3,(H4,11,12,13,14,15). The fourth-order valence-corrected chi connectivity index (χ4v) is 1.80. The van der Waals surface area contributed by atoms with Gasteiger partial charge in [0.15, 0.2) is 0 Å². The molecule has 1 fully saturated rings. The highest BCUT2D eigenvalue weighted by Gasteiger charge is 2.31. The van der Waals surface area contributed by atoms with E-state index in [1.54, 1.807) is 0 Å². The van der Waals surface area contributed by atoms with E-state index in [1.165, 1.54) is 19.3 Å².